The highest BCUT2D eigenvalue weighted by Crippen LogP contribution is 2.23. The van der Waals surface area contributed by atoms with E-state index in [2.05, 4.69) is 71.5 Å². The van der Waals surface area contributed by atoms with Crippen LogP contribution in [-0.4, -0.2) is 23.2 Å². The fourth-order valence-electron chi connectivity index (χ4n) is 3.87. The summed E-state index contributed by atoms with van der Waals surface area (Å²) in [4.78, 5) is 12.3. The van der Waals surface area contributed by atoms with Gasteiger partial charge in [0.15, 0.2) is 0 Å². The third-order valence-corrected chi connectivity index (χ3v) is 5.45. The van der Waals surface area contributed by atoms with Crippen molar-refractivity contribution in [2.24, 2.45) is 5.10 Å². The second-order valence-electron chi connectivity index (χ2n) is 7.62. The van der Waals surface area contributed by atoms with Crippen molar-refractivity contribution in [3.63, 3.8) is 0 Å². The van der Waals surface area contributed by atoms with E-state index in [0.717, 1.165) is 39.1 Å². The summed E-state index contributed by atoms with van der Waals surface area (Å²) in [5.74, 6) is -0.197. The Labute approximate surface area is 182 Å². The zero-order valence-electron chi connectivity index (χ0n) is 18.0. The van der Waals surface area contributed by atoms with Crippen LogP contribution in [0.3, 0.4) is 0 Å². The molecule has 1 heterocycles. The molecule has 0 spiro atoms. The van der Waals surface area contributed by atoms with Gasteiger partial charge in [-0.1, -0.05) is 54.6 Å². The van der Waals surface area contributed by atoms with Crippen LogP contribution in [0.5, 0.6) is 0 Å². The maximum atomic E-state index is 12.3. The smallest absolute Gasteiger partial charge is 0.259 e. The van der Waals surface area contributed by atoms with E-state index >= 15 is 0 Å². The van der Waals surface area contributed by atoms with E-state index < -0.39 is 0 Å². The molecular formula is C26H26N4O. The van der Waals surface area contributed by atoms with Gasteiger partial charge >= 0.3 is 0 Å². The van der Waals surface area contributed by atoms with Gasteiger partial charge in [0.05, 0.1) is 12.8 Å². The molecule has 1 aromatic heterocycles. The molecule has 4 aromatic rings. The normalized spacial score (nSPS) is 11.2. The average Bonchev–Trinajstić information content (AvgIpc) is 3.05. The lowest BCUT2D eigenvalue weighted by molar-refractivity contribution is -0.119. The van der Waals surface area contributed by atoms with Gasteiger partial charge < -0.3 is 9.88 Å². The molecule has 0 unspecified atom stereocenters. The Morgan fingerprint density at radius 2 is 1.71 bits per heavy atom. The number of nitrogens with one attached hydrogen (secondary N) is 2. The fourth-order valence-corrected chi connectivity index (χ4v) is 3.87. The van der Waals surface area contributed by atoms with Crippen LogP contribution in [0.15, 0.2) is 77.9 Å². The summed E-state index contributed by atoms with van der Waals surface area (Å²) < 4.78 is 2.21. The quantitative estimate of drug-likeness (QED) is 0.342. The minimum Gasteiger partial charge on any atom is -0.376 e. The van der Waals surface area contributed by atoms with E-state index in [9.17, 15) is 4.79 Å². The highest BCUT2D eigenvalue weighted by molar-refractivity contribution is 5.95. The van der Waals surface area contributed by atoms with Crippen LogP contribution in [0.1, 0.15) is 22.5 Å². The van der Waals surface area contributed by atoms with Crippen LogP contribution >= 0.6 is 0 Å². The summed E-state index contributed by atoms with van der Waals surface area (Å²) in [6, 6.07) is 24.5. The maximum Gasteiger partial charge on any atom is 0.259 e. The number of benzene rings is 3. The van der Waals surface area contributed by atoms with Crippen molar-refractivity contribution in [2.75, 3.05) is 11.9 Å². The molecule has 5 heteroatoms. The zero-order valence-corrected chi connectivity index (χ0v) is 18.0. The van der Waals surface area contributed by atoms with E-state index in [4.69, 9.17) is 0 Å². The third kappa shape index (κ3) is 4.36. The van der Waals surface area contributed by atoms with E-state index in [0.29, 0.717) is 0 Å². The van der Waals surface area contributed by atoms with Crippen LogP contribution in [0.4, 0.5) is 5.69 Å². The number of nitrogens with zero attached hydrogens (tertiary/aromatic N) is 2. The maximum absolute atomic E-state index is 12.3. The molecule has 0 aliphatic carbocycles. The molecule has 0 saturated carbocycles. The summed E-state index contributed by atoms with van der Waals surface area (Å²) in [5.41, 5.74) is 9.09. The first-order valence-corrected chi connectivity index (χ1v) is 10.3. The van der Waals surface area contributed by atoms with Crippen LogP contribution in [-0.2, 0) is 4.79 Å². The minimum absolute atomic E-state index is 0.146. The van der Waals surface area contributed by atoms with Gasteiger partial charge in [0.2, 0.25) is 0 Å². The number of aromatic nitrogens is 1. The molecule has 0 atom stereocenters. The zero-order chi connectivity index (χ0) is 21.8. The number of hydrazone groups is 1. The van der Waals surface area contributed by atoms with Crippen molar-refractivity contribution in [3.05, 3.63) is 95.3 Å². The van der Waals surface area contributed by atoms with Crippen LogP contribution in [0.25, 0.3) is 16.5 Å². The highest BCUT2D eigenvalue weighted by atomic mass is 16.2. The molecule has 3 aromatic carbocycles. The van der Waals surface area contributed by atoms with Gasteiger partial charge in [-0.2, -0.15) is 5.10 Å². The SMILES string of the molecule is Cc1ccccc1-n1c(C)cc(/C=N\NC(=O)CNc2cccc3ccccc23)c1C. The second-order valence-corrected chi connectivity index (χ2v) is 7.62. The summed E-state index contributed by atoms with van der Waals surface area (Å²) in [6.07, 6.45) is 1.70. The van der Waals surface area contributed by atoms with Crippen molar-refractivity contribution < 1.29 is 4.79 Å². The Balaban J connectivity index is 1.41. The number of hydrogen-bond acceptors (Lipinski definition) is 3. The van der Waals surface area contributed by atoms with Crippen molar-refractivity contribution >= 4 is 28.6 Å². The number of anilines is 1. The number of amides is 1. The monoisotopic (exact) mass is 410 g/mol. The Bertz CT molecular complexity index is 1260. The largest absolute Gasteiger partial charge is 0.376 e. The van der Waals surface area contributed by atoms with Gasteiger partial charge in [-0.3, -0.25) is 4.79 Å². The lowest BCUT2D eigenvalue weighted by Crippen LogP contribution is -2.25. The van der Waals surface area contributed by atoms with Crippen LogP contribution < -0.4 is 10.7 Å². The second kappa shape index (κ2) is 8.88. The topological polar surface area (TPSA) is 58.4 Å². The Morgan fingerprint density at radius 3 is 2.55 bits per heavy atom. The summed E-state index contributed by atoms with van der Waals surface area (Å²) in [6.45, 7) is 6.38. The predicted octanol–water partition coefficient (Wildman–Crippen LogP) is 5.12. The third-order valence-electron chi connectivity index (χ3n) is 5.45. The number of rotatable bonds is 6. The first-order chi connectivity index (χ1) is 15.0. The molecule has 156 valence electrons. The van der Waals surface area contributed by atoms with E-state index in [1.54, 1.807) is 6.21 Å². The molecule has 0 aliphatic rings. The number of hydrogen-bond donors (Lipinski definition) is 2. The summed E-state index contributed by atoms with van der Waals surface area (Å²) >= 11 is 0. The minimum atomic E-state index is -0.197. The Kier molecular flexibility index (Phi) is 5.85. The number of carbonyl (C=O) groups is 1. The lowest BCUT2D eigenvalue weighted by Gasteiger charge is -2.12. The van der Waals surface area contributed by atoms with Gasteiger partial charge in [-0.05, 0) is 49.9 Å². The van der Waals surface area contributed by atoms with E-state index in [1.807, 2.05) is 42.5 Å². The predicted molar refractivity (Wildman–Crippen MR) is 128 cm³/mol. The highest BCUT2D eigenvalue weighted by Gasteiger charge is 2.11. The number of carbonyl (C=O) groups excluding carboxylic acids is 1. The van der Waals surface area contributed by atoms with Gasteiger partial charge in [0, 0.05) is 33.7 Å². The Morgan fingerprint density at radius 1 is 0.968 bits per heavy atom. The molecule has 0 aliphatic heterocycles. The molecule has 2 N–H and O–H groups in total. The summed E-state index contributed by atoms with van der Waals surface area (Å²) in [5, 5.41) is 9.59. The Hall–Kier alpha value is -3.86. The standard InChI is InChI=1S/C26H26N4O/c1-18-9-4-7-14-25(18)30-19(2)15-22(20(30)3)16-28-29-26(31)17-27-24-13-8-11-21-10-5-6-12-23(21)24/h4-16,27H,17H2,1-3H3,(H,29,31)/b28-16-. The molecule has 1 amide bonds. The fraction of sp³-hybridized carbons (Fsp3) is 0.154. The van der Waals surface area contributed by atoms with E-state index in [1.165, 1.54) is 5.56 Å². The lowest BCUT2D eigenvalue weighted by atomic mass is 10.1. The van der Waals surface area contributed by atoms with Crippen molar-refractivity contribution in [2.45, 2.75) is 20.8 Å². The van der Waals surface area contributed by atoms with Gasteiger partial charge in [0.1, 0.15) is 0 Å². The average molecular weight is 411 g/mol. The van der Waals surface area contributed by atoms with Crippen LogP contribution in [0, 0.1) is 20.8 Å². The van der Waals surface area contributed by atoms with Crippen molar-refractivity contribution in [1.82, 2.24) is 9.99 Å². The van der Waals surface area contributed by atoms with Gasteiger partial charge in [-0.25, -0.2) is 5.43 Å². The van der Waals surface area contributed by atoms with Crippen molar-refractivity contribution in [3.8, 4) is 5.69 Å². The van der Waals surface area contributed by atoms with Gasteiger partial charge in [-0.15, -0.1) is 0 Å². The van der Waals surface area contributed by atoms with Crippen LogP contribution in [0.2, 0.25) is 0 Å². The molecule has 31 heavy (non-hydrogen) atoms. The molecule has 4 rings (SSSR count). The number of para-hydroxylation sites is 1. The molecule has 0 fully saturated rings. The van der Waals surface area contributed by atoms with Crippen molar-refractivity contribution in [1.29, 1.82) is 0 Å². The molecule has 0 bridgehead atoms. The first kappa shape index (κ1) is 20.4. The molecular weight excluding hydrogens is 384 g/mol. The first-order valence-electron chi connectivity index (χ1n) is 10.3. The number of aryl methyl sites for hydroxylation is 2. The molecule has 0 saturated heterocycles. The number of fused-ring (bicyclic) bond motifs is 1. The summed E-state index contributed by atoms with van der Waals surface area (Å²) in [7, 11) is 0. The van der Waals surface area contributed by atoms with E-state index in [-0.39, 0.29) is 12.5 Å². The molecule has 5 nitrogen and oxygen atoms in total. The molecule has 0 radical (unpaired) electrons. The van der Waals surface area contributed by atoms with Gasteiger partial charge in [0.25, 0.3) is 5.91 Å².